The summed E-state index contributed by atoms with van der Waals surface area (Å²) >= 11 is 0. The van der Waals surface area contributed by atoms with Crippen molar-refractivity contribution in [2.75, 3.05) is 78.0 Å². The molecule has 2 atom stereocenters. The van der Waals surface area contributed by atoms with Gasteiger partial charge in [0.25, 0.3) is 0 Å². The lowest BCUT2D eigenvalue weighted by molar-refractivity contribution is -0.0204. The van der Waals surface area contributed by atoms with Crippen LogP contribution in [0.2, 0.25) is 0 Å². The molecule has 0 aliphatic carbocycles. The Balaban J connectivity index is 1.69. The third-order valence-corrected chi connectivity index (χ3v) is 5.88. The molecule has 158 valence electrons. The molecular weight excluding hydrogens is 358 g/mol. The molecule has 0 saturated carbocycles. The van der Waals surface area contributed by atoms with Crippen LogP contribution < -0.4 is 10.2 Å². The van der Waals surface area contributed by atoms with Gasteiger partial charge in [0.15, 0.2) is 0 Å². The zero-order chi connectivity index (χ0) is 20.0. The maximum atomic E-state index is 5.63. The molecule has 0 unspecified atom stereocenters. The zero-order valence-corrected chi connectivity index (χ0v) is 17.7. The molecule has 0 bridgehead atoms. The van der Waals surface area contributed by atoms with Crippen LogP contribution in [0.25, 0.3) is 0 Å². The highest BCUT2D eigenvalue weighted by Gasteiger charge is 2.34. The smallest absolute Gasteiger partial charge is 0.134 e. The van der Waals surface area contributed by atoms with Crippen LogP contribution in [0.15, 0.2) is 12.4 Å². The van der Waals surface area contributed by atoms with Gasteiger partial charge in [0.2, 0.25) is 0 Å². The number of rotatable bonds is 9. The highest BCUT2D eigenvalue weighted by atomic mass is 16.5. The van der Waals surface area contributed by atoms with E-state index in [9.17, 15) is 0 Å². The van der Waals surface area contributed by atoms with Crippen molar-refractivity contribution in [3.8, 4) is 0 Å². The number of anilines is 2. The van der Waals surface area contributed by atoms with E-state index in [0.717, 1.165) is 70.4 Å². The molecule has 3 rings (SSSR count). The summed E-state index contributed by atoms with van der Waals surface area (Å²) in [5.41, 5.74) is 0.0976. The third kappa shape index (κ3) is 5.31. The molecule has 8 heteroatoms. The van der Waals surface area contributed by atoms with Crippen molar-refractivity contribution in [1.29, 1.82) is 0 Å². The fraction of sp³-hybridized carbons (Fsp3) is 0.800. The first-order valence-electron chi connectivity index (χ1n) is 10.1. The van der Waals surface area contributed by atoms with E-state index in [2.05, 4.69) is 45.2 Å². The molecule has 0 spiro atoms. The van der Waals surface area contributed by atoms with Gasteiger partial charge < -0.3 is 29.3 Å². The van der Waals surface area contributed by atoms with E-state index < -0.39 is 0 Å². The number of ether oxygens (including phenoxy) is 3. The molecule has 8 nitrogen and oxygen atoms in total. The Morgan fingerprint density at radius 2 is 2.07 bits per heavy atom. The summed E-state index contributed by atoms with van der Waals surface area (Å²) in [6.07, 6.45) is 4.90. The van der Waals surface area contributed by atoms with Gasteiger partial charge in [-0.2, -0.15) is 0 Å². The third-order valence-electron chi connectivity index (χ3n) is 5.88. The lowest BCUT2D eigenvalue weighted by Crippen LogP contribution is -2.40. The van der Waals surface area contributed by atoms with Crippen molar-refractivity contribution >= 4 is 11.6 Å². The topological polar surface area (TPSA) is 72.0 Å². The van der Waals surface area contributed by atoms with E-state index in [0.29, 0.717) is 6.04 Å². The van der Waals surface area contributed by atoms with E-state index in [1.54, 1.807) is 20.5 Å². The first-order valence-corrected chi connectivity index (χ1v) is 10.1. The van der Waals surface area contributed by atoms with Gasteiger partial charge in [0.1, 0.15) is 18.0 Å². The molecule has 1 N–H and O–H groups in total. The maximum absolute atomic E-state index is 5.63. The molecule has 3 heterocycles. The standard InChI is InChI=1S/C20H35N5O3/c1-24(2)11-16-9-17(27-4)12-25(16)19-10-18(22-15-23-19)21-13-20(14-26-3)5-7-28-8-6-20/h10,15-17H,5-9,11-14H2,1-4H3,(H,21,22,23)/t16-,17-/m0/s1. The summed E-state index contributed by atoms with van der Waals surface area (Å²) in [7, 11) is 7.77. The number of nitrogens with zero attached hydrogens (tertiary/aromatic N) is 4. The number of aromatic nitrogens is 2. The molecule has 2 saturated heterocycles. The van der Waals surface area contributed by atoms with Crippen LogP contribution in [0.4, 0.5) is 11.6 Å². The van der Waals surface area contributed by atoms with Gasteiger partial charge in [-0.3, -0.25) is 0 Å². The van der Waals surface area contributed by atoms with E-state index >= 15 is 0 Å². The second kappa shape index (κ2) is 9.82. The number of hydrogen-bond acceptors (Lipinski definition) is 8. The van der Waals surface area contributed by atoms with Crippen molar-refractivity contribution < 1.29 is 14.2 Å². The predicted octanol–water partition coefficient (Wildman–Crippen LogP) is 1.49. The maximum Gasteiger partial charge on any atom is 0.134 e. The Morgan fingerprint density at radius 3 is 2.75 bits per heavy atom. The summed E-state index contributed by atoms with van der Waals surface area (Å²) in [5.74, 6) is 1.81. The van der Waals surface area contributed by atoms with Crippen LogP contribution in [0.3, 0.4) is 0 Å². The van der Waals surface area contributed by atoms with Gasteiger partial charge >= 0.3 is 0 Å². The highest BCUT2D eigenvalue weighted by Crippen LogP contribution is 2.32. The molecule has 0 radical (unpaired) electrons. The normalized spacial score (nSPS) is 24.7. The van der Waals surface area contributed by atoms with Crippen LogP contribution in [0, 0.1) is 5.41 Å². The zero-order valence-electron chi connectivity index (χ0n) is 17.7. The van der Waals surface area contributed by atoms with Gasteiger partial charge in [-0.25, -0.2) is 9.97 Å². The van der Waals surface area contributed by atoms with Crippen molar-refractivity contribution in [1.82, 2.24) is 14.9 Å². The summed E-state index contributed by atoms with van der Waals surface area (Å²) < 4.78 is 16.7. The van der Waals surface area contributed by atoms with E-state index in [1.165, 1.54) is 0 Å². The molecule has 0 aromatic carbocycles. The average Bonchev–Trinajstić information content (AvgIpc) is 3.10. The van der Waals surface area contributed by atoms with Crippen LogP contribution in [0.1, 0.15) is 19.3 Å². The van der Waals surface area contributed by atoms with Crippen molar-refractivity contribution in [3.63, 3.8) is 0 Å². The van der Waals surface area contributed by atoms with Crippen LogP contribution in [-0.4, -0.2) is 94.8 Å². The summed E-state index contributed by atoms with van der Waals surface area (Å²) in [6, 6.07) is 2.44. The quantitative estimate of drug-likeness (QED) is 0.677. The van der Waals surface area contributed by atoms with E-state index in [4.69, 9.17) is 14.2 Å². The fourth-order valence-corrected chi connectivity index (χ4v) is 4.28. The molecule has 0 amide bonds. The van der Waals surface area contributed by atoms with E-state index in [1.807, 2.05) is 0 Å². The Labute approximate surface area is 168 Å². The Hall–Kier alpha value is -1.48. The minimum absolute atomic E-state index is 0.0976. The van der Waals surface area contributed by atoms with Gasteiger partial charge in [-0.05, 0) is 33.4 Å². The van der Waals surface area contributed by atoms with Gasteiger partial charge in [0, 0.05) is 64.6 Å². The second-order valence-electron chi connectivity index (χ2n) is 8.32. The molecule has 2 aliphatic rings. The number of likely N-dealkylation sites (N-methyl/N-ethyl adjacent to an activating group) is 1. The lowest BCUT2D eigenvalue weighted by Gasteiger charge is -2.36. The first kappa shape index (κ1) is 21.2. The molecule has 1 aromatic rings. The highest BCUT2D eigenvalue weighted by molar-refractivity contribution is 5.50. The number of nitrogens with one attached hydrogen (secondary N) is 1. The summed E-state index contributed by atoms with van der Waals surface area (Å²) in [4.78, 5) is 13.6. The largest absolute Gasteiger partial charge is 0.384 e. The van der Waals surface area contributed by atoms with Crippen molar-refractivity contribution in [2.24, 2.45) is 5.41 Å². The second-order valence-corrected chi connectivity index (χ2v) is 8.32. The summed E-state index contributed by atoms with van der Waals surface area (Å²) in [6.45, 7) is 4.97. The number of methoxy groups -OCH3 is 2. The molecule has 1 aromatic heterocycles. The minimum atomic E-state index is 0.0976. The van der Waals surface area contributed by atoms with Gasteiger partial charge in [0.05, 0.1) is 12.7 Å². The minimum Gasteiger partial charge on any atom is -0.384 e. The molecule has 28 heavy (non-hydrogen) atoms. The fourth-order valence-electron chi connectivity index (χ4n) is 4.28. The van der Waals surface area contributed by atoms with Gasteiger partial charge in [-0.1, -0.05) is 0 Å². The lowest BCUT2D eigenvalue weighted by atomic mass is 9.81. The SMILES string of the molecule is COCC1(CNc2cc(N3C[C@@H](OC)C[C@H]3CN(C)C)ncn2)CCOCC1. The van der Waals surface area contributed by atoms with Gasteiger partial charge in [-0.15, -0.1) is 0 Å². The molecular formula is C20H35N5O3. The summed E-state index contributed by atoms with van der Waals surface area (Å²) in [5, 5.41) is 3.53. The number of hydrogen-bond donors (Lipinski definition) is 1. The Kier molecular flexibility index (Phi) is 7.45. The molecule has 2 aliphatic heterocycles. The van der Waals surface area contributed by atoms with Crippen molar-refractivity contribution in [3.05, 3.63) is 12.4 Å². The Bertz CT molecular complexity index is 604. The van der Waals surface area contributed by atoms with Crippen LogP contribution in [0.5, 0.6) is 0 Å². The van der Waals surface area contributed by atoms with Crippen molar-refractivity contribution in [2.45, 2.75) is 31.4 Å². The molecule has 2 fully saturated rings. The average molecular weight is 394 g/mol. The first-order chi connectivity index (χ1) is 13.5. The van der Waals surface area contributed by atoms with Crippen LogP contribution >= 0.6 is 0 Å². The van der Waals surface area contributed by atoms with Crippen LogP contribution in [-0.2, 0) is 14.2 Å². The Morgan fingerprint density at radius 1 is 1.29 bits per heavy atom. The monoisotopic (exact) mass is 393 g/mol. The van der Waals surface area contributed by atoms with E-state index in [-0.39, 0.29) is 11.5 Å². The predicted molar refractivity (Wildman–Crippen MR) is 110 cm³/mol.